The zero-order valence-electron chi connectivity index (χ0n) is 17.0. The van der Waals surface area contributed by atoms with E-state index in [0.29, 0.717) is 18.0 Å². The Morgan fingerprint density at radius 1 is 0.968 bits per heavy atom. The van der Waals surface area contributed by atoms with Crippen molar-refractivity contribution >= 4 is 38.9 Å². The average Bonchev–Trinajstić information content (AvgIpc) is 2.77. The third-order valence-electron chi connectivity index (χ3n) is 4.42. The van der Waals surface area contributed by atoms with Crippen LogP contribution in [0.3, 0.4) is 0 Å². The van der Waals surface area contributed by atoms with Gasteiger partial charge in [0.05, 0.1) is 27.9 Å². The zero-order chi connectivity index (χ0) is 22.3. The summed E-state index contributed by atoms with van der Waals surface area (Å²) in [6.45, 7) is 2.61. The zero-order valence-corrected chi connectivity index (χ0v) is 18.5. The van der Waals surface area contributed by atoms with Crippen molar-refractivity contribution in [1.82, 2.24) is 0 Å². The molecule has 3 aromatic carbocycles. The van der Waals surface area contributed by atoms with Crippen LogP contribution in [-0.2, 0) is 10.0 Å². The van der Waals surface area contributed by atoms with E-state index in [0.717, 1.165) is 12.8 Å². The van der Waals surface area contributed by atoms with Gasteiger partial charge in [-0.3, -0.25) is 9.52 Å². The number of ether oxygens (including phenoxy) is 1. The van der Waals surface area contributed by atoms with Crippen molar-refractivity contribution in [2.24, 2.45) is 0 Å². The molecule has 0 spiro atoms. The van der Waals surface area contributed by atoms with E-state index in [4.69, 9.17) is 16.3 Å². The number of hydrogen-bond acceptors (Lipinski definition) is 4. The van der Waals surface area contributed by atoms with E-state index in [9.17, 15) is 13.2 Å². The Morgan fingerprint density at radius 3 is 2.42 bits per heavy atom. The number of hydrogen-bond donors (Lipinski definition) is 2. The van der Waals surface area contributed by atoms with Gasteiger partial charge in [-0.2, -0.15) is 0 Å². The molecule has 162 valence electrons. The van der Waals surface area contributed by atoms with Gasteiger partial charge in [-0.25, -0.2) is 8.42 Å². The number of para-hydroxylation sites is 3. The number of nitrogens with one attached hydrogen (secondary N) is 2. The van der Waals surface area contributed by atoms with Crippen molar-refractivity contribution in [2.45, 2.75) is 24.7 Å². The van der Waals surface area contributed by atoms with E-state index in [1.807, 2.05) is 6.07 Å². The van der Waals surface area contributed by atoms with Crippen molar-refractivity contribution in [3.63, 3.8) is 0 Å². The fourth-order valence-electron chi connectivity index (χ4n) is 2.77. The van der Waals surface area contributed by atoms with Gasteiger partial charge >= 0.3 is 0 Å². The Morgan fingerprint density at radius 2 is 1.68 bits per heavy atom. The molecule has 0 aliphatic heterocycles. The van der Waals surface area contributed by atoms with Crippen LogP contribution in [0, 0.1) is 0 Å². The number of sulfonamides is 1. The molecule has 0 saturated carbocycles. The number of amides is 1. The second-order valence-electron chi connectivity index (χ2n) is 6.77. The first-order chi connectivity index (χ1) is 14.9. The quantitative estimate of drug-likeness (QED) is 0.410. The molecule has 0 atom stereocenters. The van der Waals surface area contributed by atoms with Crippen LogP contribution in [-0.4, -0.2) is 20.9 Å². The summed E-state index contributed by atoms with van der Waals surface area (Å²) in [5.41, 5.74) is 0.980. The number of carbonyl (C=O) groups excluding carboxylic acids is 1. The molecule has 0 heterocycles. The van der Waals surface area contributed by atoms with Gasteiger partial charge in [0.15, 0.2) is 0 Å². The topological polar surface area (TPSA) is 84.5 Å². The summed E-state index contributed by atoms with van der Waals surface area (Å²) in [5, 5.41) is 3.07. The van der Waals surface area contributed by atoms with E-state index in [2.05, 4.69) is 17.0 Å². The van der Waals surface area contributed by atoms with Gasteiger partial charge in [-0.05, 0) is 48.9 Å². The summed E-state index contributed by atoms with van der Waals surface area (Å²) in [6.07, 6.45) is 1.90. The highest BCUT2D eigenvalue weighted by molar-refractivity contribution is 7.92. The molecule has 2 N–H and O–H groups in total. The number of benzene rings is 3. The molecule has 8 heteroatoms. The molecule has 0 aliphatic carbocycles. The molecule has 0 saturated heterocycles. The minimum Gasteiger partial charge on any atom is -0.491 e. The summed E-state index contributed by atoms with van der Waals surface area (Å²) in [6, 6.07) is 19.4. The molecule has 0 aliphatic rings. The lowest BCUT2D eigenvalue weighted by Gasteiger charge is -2.13. The molecule has 0 fully saturated rings. The lowest BCUT2D eigenvalue weighted by atomic mass is 10.2. The fraction of sp³-hybridized carbons (Fsp3) is 0.174. The van der Waals surface area contributed by atoms with E-state index in [1.54, 1.807) is 48.5 Å². The van der Waals surface area contributed by atoms with Crippen LogP contribution in [0.2, 0.25) is 5.02 Å². The molecule has 0 radical (unpaired) electrons. The van der Waals surface area contributed by atoms with Crippen LogP contribution >= 0.6 is 11.6 Å². The molecule has 31 heavy (non-hydrogen) atoms. The first-order valence-corrected chi connectivity index (χ1v) is 11.7. The second-order valence-corrected chi connectivity index (χ2v) is 8.86. The Bertz CT molecular complexity index is 1170. The highest BCUT2D eigenvalue weighted by Gasteiger charge is 2.18. The third kappa shape index (κ3) is 5.99. The first-order valence-electron chi connectivity index (χ1n) is 9.81. The van der Waals surface area contributed by atoms with E-state index in [-0.39, 0.29) is 21.2 Å². The van der Waals surface area contributed by atoms with E-state index in [1.165, 1.54) is 18.2 Å². The molecule has 3 rings (SSSR count). The van der Waals surface area contributed by atoms with Crippen LogP contribution in [0.15, 0.2) is 77.7 Å². The van der Waals surface area contributed by atoms with Crippen molar-refractivity contribution in [1.29, 1.82) is 0 Å². The molecule has 1 amide bonds. The molecule has 6 nitrogen and oxygen atoms in total. The van der Waals surface area contributed by atoms with Crippen molar-refractivity contribution in [2.75, 3.05) is 16.6 Å². The SMILES string of the molecule is CCCCOc1ccccc1NC(=O)c1cccc(S(=O)(=O)Nc2ccccc2Cl)c1. The van der Waals surface area contributed by atoms with Gasteiger partial charge in [0.25, 0.3) is 15.9 Å². The lowest BCUT2D eigenvalue weighted by molar-refractivity contribution is 0.102. The molecule has 0 unspecified atom stereocenters. The fourth-order valence-corrected chi connectivity index (χ4v) is 4.13. The number of halogens is 1. The van der Waals surface area contributed by atoms with Gasteiger partial charge in [0.1, 0.15) is 5.75 Å². The summed E-state index contributed by atoms with van der Waals surface area (Å²) in [7, 11) is -3.93. The molecule has 0 aromatic heterocycles. The average molecular weight is 459 g/mol. The van der Waals surface area contributed by atoms with Gasteiger partial charge in [-0.1, -0.05) is 55.3 Å². The Hall–Kier alpha value is -3.03. The predicted molar refractivity (Wildman–Crippen MR) is 124 cm³/mol. The maximum absolute atomic E-state index is 12.8. The standard InChI is InChI=1S/C23H23ClN2O4S/c1-2-3-15-30-22-14-7-6-13-21(22)25-23(27)17-9-8-10-18(16-17)31(28,29)26-20-12-5-4-11-19(20)24/h4-14,16,26H,2-3,15H2,1H3,(H,25,27). The van der Waals surface area contributed by atoms with Crippen LogP contribution in [0.25, 0.3) is 0 Å². The minimum atomic E-state index is -3.93. The van der Waals surface area contributed by atoms with Gasteiger partial charge in [0, 0.05) is 5.56 Å². The molecular weight excluding hydrogens is 436 g/mol. The van der Waals surface area contributed by atoms with Crippen LogP contribution in [0.4, 0.5) is 11.4 Å². The maximum atomic E-state index is 12.8. The van der Waals surface area contributed by atoms with Crippen LogP contribution < -0.4 is 14.8 Å². The number of rotatable bonds is 9. The Balaban J connectivity index is 1.79. The smallest absolute Gasteiger partial charge is 0.261 e. The monoisotopic (exact) mass is 458 g/mol. The highest BCUT2D eigenvalue weighted by atomic mass is 35.5. The summed E-state index contributed by atoms with van der Waals surface area (Å²) in [4.78, 5) is 12.7. The molecule has 0 bridgehead atoms. The van der Waals surface area contributed by atoms with Gasteiger partial charge in [-0.15, -0.1) is 0 Å². The second kappa shape index (κ2) is 10.3. The lowest BCUT2D eigenvalue weighted by Crippen LogP contribution is -2.16. The maximum Gasteiger partial charge on any atom is 0.261 e. The largest absolute Gasteiger partial charge is 0.491 e. The summed E-state index contributed by atoms with van der Waals surface area (Å²) in [5.74, 6) is 0.120. The molecular formula is C23H23ClN2O4S. The van der Waals surface area contributed by atoms with E-state index >= 15 is 0 Å². The predicted octanol–water partition coefficient (Wildman–Crippen LogP) is 5.57. The van der Waals surface area contributed by atoms with Crippen molar-refractivity contribution in [3.8, 4) is 5.75 Å². The summed E-state index contributed by atoms with van der Waals surface area (Å²) < 4.78 is 33.7. The number of anilines is 2. The highest BCUT2D eigenvalue weighted by Crippen LogP contribution is 2.26. The minimum absolute atomic E-state index is 0.0486. The van der Waals surface area contributed by atoms with Gasteiger partial charge < -0.3 is 10.1 Å². The first kappa shape index (κ1) is 22.7. The summed E-state index contributed by atoms with van der Waals surface area (Å²) >= 11 is 6.05. The van der Waals surface area contributed by atoms with Crippen molar-refractivity contribution < 1.29 is 17.9 Å². The van der Waals surface area contributed by atoms with E-state index < -0.39 is 15.9 Å². The number of unbranched alkanes of at least 4 members (excludes halogenated alkanes) is 1. The number of carbonyl (C=O) groups is 1. The Labute approximate surface area is 187 Å². The Kier molecular flexibility index (Phi) is 7.55. The normalized spacial score (nSPS) is 11.0. The third-order valence-corrected chi connectivity index (χ3v) is 6.11. The molecule has 3 aromatic rings. The van der Waals surface area contributed by atoms with Crippen molar-refractivity contribution in [3.05, 3.63) is 83.4 Å². The van der Waals surface area contributed by atoms with Gasteiger partial charge in [0.2, 0.25) is 0 Å². The van der Waals surface area contributed by atoms with Crippen LogP contribution in [0.1, 0.15) is 30.1 Å². The van der Waals surface area contributed by atoms with Crippen LogP contribution in [0.5, 0.6) is 5.75 Å².